The summed E-state index contributed by atoms with van der Waals surface area (Å²) in [5, 5.41) is 6.55. The molecular formula is C36H51ClN4O4. The lowest BCUT2D eigenvalue weighted by Crippen LogP contribution is -2.40. The lowest BCUT2D eigenvalue weighted by Gasteiger charge is -2.31. The van der Waals surface area contributed by atoms with Gasteiger partial charge in [-0.05, 0) is 113 Å². The topological polar surface area (TPSA) is 92.3 Å². The number of piperidine rings is 1. The van der Waals surface area contributed by atoms with Crippen molar-refractivity contribution in [3.63, 3.8) is 0 Å². The smallest absolute Gasteiger partial charge is 0.410 e. The van der Waals surface area contributed by atoms with Gasteiger partial charge in [-0.25, -0.2) is 9.59 Å². The Bertz CT molecular complexity index is 1280. The molecule has 0 spiro atoms. The summed E-state index contributed by atoms with van der Waals surface area (Å²) < 4.78 is 11.6. The first-order valence-corrected chi connectivity index (χ1v) is 16.6. The fraction of sp³-hybridized carbons (Fsp3) is 0.528. The third-order valence-corrected chi connectivity index (χ3v) is 8.53. The second-order valence-electron chi connectivity index (χ2n) is 12.3. The van der Waals surface area contributed by atoms with Crippen LogP contribution in [0.3, 0.4) is 0 Å². The molecule has 1 aliphatic carbocycles. The quantitative estimate of drug-likeness (QED) is 0.128. The van der Waals surface area contributed by atoms with Crippen LogP contribution in [-0.2, 0) is 9.47 Å². The summed E-state index contributed by atoms with van der Waals surface area (Å²) in [7, 11) is 1.67. The SMILES string of the molecule is C=C(c1cc(Cl)ccc1C(C/C=C\C)=C1CCN(C(=O)OC2CCCC2)CC1)C(/C=C/NC=NC)NC(=O)OC(C)(C)CCC. The van der Waals surface area contributed by atoms with Crippen molar-refractivity contribution in [2.45, 2.75) is 103 Å². The van der Waals surface area contributed by atoms with Crippen LogP contribution in [0.25, 0.3) is 11.1 Å². The summed E-state index contributed by atoms with van der Waals surface area (Å²) in [6.07, 6.45) is 16.6. The minimum atomic E-state index is -0.606. The van der Waals surface area contributed by atoms with Crippen LogP contribution in [-0.4, -0.2) is 61.3 Å². The van der Waals surface area contributed by atoms with Crippen LogP contribution in [0.4, 0.5) is 9.59 Å². The van der Waals surface area contributed by atoms with E-state index >= 15 is 0 Å². The largest absolute Gasteiger partial charge is 0.446 e. The molecule has 1 aliphatic heterocycles. The summed E-state index contributed by atoms with van der Waals surface area (Å²) >= 11 is 6.57. The van der Waals surface area contributed by atoms with Crippen LogP contribution < -0.4 is 10.6 Å². The predicted molar refractivity (Wildman–Crippen MR) is 185 cm³/mol. The van der Waals surface area contributed by atoms with Gasteiger partial charge in [0, 0.05) is 31.4 Å². The van der Waals surface area contributed by atoms with Gasteiger partial charge in [0.05, 0.1) is 12.4 Å². The molecule has 1 saturated heterocycles. The standard InChI is InChI=1S/C36H51ClN4O4/c1-7-9-14-30(27-18-22-41(23-19-27)35(43)44-29-12-10-11-13-29)31-16-15-28(37)24-32(31)26(3)33(17-21-39-25-38-6)40-34(42)45-36(4,5)20-8-2/h7,9,15-17,21,24-25,29,33H,3,8,10-14,18-20,22-23H2,1-2,4-6H3,(H,38,39)(H,40,42)/b9-7-,21-17+. The van der Waals surface area contributed by atoms with Gasteiger partial charge in [-0.1, -0.05) is 55.3 Å². The van der Waals surface area contributed by atoms with Crippen molar-refractivity contribution in [2.24, 2.45) is 4.99 Å². The first kappa shape index (κ1) is 36.0. The maximum absolute atomic E-state index is 13.1. The van der Waals surface area contributed by atoms with Crippen LogP contribution in [0.5, 0.6) is 0 Å². The van der Waals surface area contributed by atoms with Gasteiger partial charge in [0.15, 0.2) is 0 Å². The van der Waals surface area contributed by atoms with Crippen LogP contribution in [0, 0.1) is 0 Å². The van der Waals surface area contributed by atoms with E-state index in [9.17, 15) is 9.59 Å². The second kappa shape index (κ2) is 17.8. The van der Waals surface area contributed by atoms with Crippen LogP contribution in [0.15, 0.2) is 59.8 Å². The number of alkyl carbamates (subject to hydrolysis) is 1. The number of hydrogen-bond donors (Lipinski definition) is 2. The van der Waals surface area contributed by atoms with Gasteiger partial charge in [-0.3, -0.25) is 4.99 Å². The zero-order valence-corrected chi connectivity index (χ0v) is 28.4. The van der Waals surface area contributed by atoms with Crippen molar-refractivity contribution in [3.05, 3.63) is 70.9 Å². The number of aliphatic imine (C=N–C) groups is 1. The minimum absolute atomic E-state index is 0.0531. The Labute approximate surface area is 274 Å². The van der Waals surface area contributed by atoms with Crippen molar-refractivity contribution >= 4 is 41.3 Å². The van der Waals surface area contributed by atoms with Crippen molar-refractivity contribution in [1.29, 1.82) is 0 Å². The fourth-order valence-electron chi connectivity index (χ4n) is 5.96. The fourth-order valence-corrected chi connectivity index (χ4v) is 6.13. The monoisotopic (exact) mass is 638 g/mol. The molecule has 2 N–H and O–H groups in total. The molecule has 1 unspecified atom stereocenters. The number of hydrogen-bond acceptors (Lipinski definition) is 5. The average Bonchev–Trinajstić information content (AvgIpc) is 3.52. The van der Waals surface area contributed by atoms with E-state index in [0.717, 1.165) is 68.9 Å². The number of amides is 2. The molecule has 9 heteroatoms. The van der Waals surface area contributed by atoms with E-state index in [2.05, 4.69) is 35.2 Å². The van der Waals surface area contributed by atoms with Gasteiger partial charge in [0.25, 0.3) is 0 Å². The van der Waals surface area contributed by atoms with Crippen molar-refractivity contribution in [3.8, 4) is 0 Å². The van der Waals surface area contributed by atoms with Crippen LogP contribution in [0.1, 0.15) is 96.6 Å². The maximum atomic E-state index is 13.1. The van der Waals surface area contributed by atoms with Gasteiger partial charge in [-0.2, -0.15) is 0 Å². The molecule has 1 atom stereocenters. The molecule has 2 aliphatic rings. The maximum Gasteiger partial charge on any atom is 0.410 e. The normalized spacial score (nSPS) is 16.8. The summed E-state index contributed by atoms with van der Waals surface area (Å²) in [5.41, 5.74) is 4.37. The molecule has 1 aromatic rings. The molecule has 0 aromatic heterocycles. The van der Waals surface area contributed by atoms with Crippen LogP contribution >= 0.6 is 11.6 Å². The number of halogens is 1. The molecular weight excluding hydrogens is 588 g/mol. The number of nitrogens with zero attached hydrogens (tertiary/aromatic N) is 2. The molecule has 246 valence electrons. The van der Waals surface area contributed by atoms with Gasteiger partial charge in [-0.15, -0.1) is 0 Å². The van der Waals surface area contributed by atoms with Gasteiger partial charge >= 0.3 is 12.2 Å². The molecule has 45 heavy (non-hydrogen) atoms. The third kappa shape index (κ3) is 11.1. The Morgan fingerprint density at radius 3 is 2.56 bits per heavy atom. The van der Waals surface area contributed by atoms with Crippen molar-refractivity contribution < 1.29 is 19.1 Å². The molecule has 0 bridgehead atoms. The molecule has 3 rings (SSSR count). The number of carbonyl (C=O) groups is 2. The Kier molecular flexibility index (Phi) is 14.2. The molecule has 1 saturated carbocycles. The summed E-state index contributed by atoms with van der Waals surface area (Å²) in [6, 6.07) is 5.22. The number of allylic oxidation sites excluding steroid dienone is 3. The highest BCUT2D eigenvalue weighted by molar-refractivity contribution is 6.30. The van der Waals surface area contributed by atoms with E-state index in [-0.39, 0.29) is 12.2 Å². The number of ether oxygens (including phenoxy) is 2. The zero-order valence-electron chi connectivity index (χ0n) is 27.7. The Morgan fingerprint density at radius 2 is 1.91 bits per heavy atom. The van der Waals surface area contributed by atoms with E-state index < -0.39 is 17.7 Å². The Morgan fingerprint density at radius 1 is 1.20 bits per heavy atom. The average molecular weight is 639 g/mol. The van der Waals surface area contributed by atoms with Crippen molar-refractivity contribution in [1.82, 2.24) is 15.5 Å². The Balaban J connectivity index is 1.92. The molecule has 2 fully saturated rings. The zero-order chi connectivity index (χ0) is 32.8. The van der Waals surface area contributed by atoms with E-state index in [4.69, 9.17) is 21.1 Å². The first-order chi connectivity index (χ1) is 21.6. The number of benzene rings is 1. The molecule has 8 nitrogen and oxygen atoms in total. The summed E-state index contributed by atoms with van der Waals surface area (Å²) in [4.78, 5) is 31.7. The van der Waals surface area contributed by atoms with E-state index in [1.165, 1.54) is 11.1 Å². The summed E-state index contributed by atoms with van der Waals surface area (Å²) in [5.74, 6) is 0. The van der Waals surface area contributed by atoms with Gasteiger partial charge < -0.3 is 25.0 Å². The number of nitrogens with one attached hydrogen (secondary N) is 2. The van der Waals surface area contributed by atoms with E-state index in [1.54, 1.807) is 19.6 Å². The lowest BCUT2D eigenvalue weighted by molar-refractivity contribution is 0.0320. The Hall–Kier alpha value is -3.52. The van der Waals surface area contributed by atoms with E-state index in [1.807, 2.05) is 56.0 Å². The summed E-state index contributed by atoms with van der Waals surface area (Å²) in [6.45, 7) is 13.6. The second-order valence-corrected chi connectivity index (χ2v) is 12.7. The lowest BCUT2D eigenvalue weighted by atomic mass is 9.85. The van der Waals surface area contributed by atoms with Crippen molar-refractivity contribution in [2.75, 3.05) is 20.1 Å². The number of likely N-dealkylation sites (tertiary alicyclic amines) is 1. The number of carbonyl (C=O) groups excluding carboxylic acids is 2. The number of rotatable bonds is 13. The van der Waals surface area contributed by atoms with E-state index in [0.29, 0.717) is 23.7 Å². The molecule has 2 amide bonds. The highest BCUT2D eigenvalue weighted by Crippen LogP contribution is 2.36. The first-order valence-electron chi connectivity index (χ1n) is 16.2. The molecule has 1 aromatic carbocycles. The minimum Gasteiger partial charge on any atom is -0.446 e. The highest BCUT2D eigenvalue weighted by Gasteiger charge is 2.28. The highest BCUT2D eigenvalue weighted by atomic mass is 35.5. The molecule has 1 heterocycles. The molecule has 0 radical (unpaired) electrons. The predicted octanol–water partition coefficient (Wildman–Crippen LogP) is 8.68. The van der Waals surface area contributed by atoms with Crippen LogP contribution in [0.2, 0.25) is 5.02 Å². The van der Waals surface area contributed by atoms with Gasteiger partial charge in [0.1, 0.15) is 11.7 Å². The van der Waals surface area contributed by atoms with Gasteiger partial charge in [0.2, 0.25) is 0 Å². The third-order valence-electron chi connectivity index (χ3n) is 8.29.